The van der Waals surface area contributed by atoms with Gasteiger partial charge in [-0.3, -0.25) is 19.2 Å². The first-order chi connectivity index (χ1) is 17.1. The third kappa shape index (κ3) is 7.57. The summed E-state index contributed by atoms with van der Waals surface area (Å²) in [6.45, 7) is 1.60. The molecule has 0 saturated carbocycles. The van der Waals surface area contributed by atoms with Gasteiger partial charge < -0.3 is 4.90 Å². The summed E-state index contributed by atoms with van der Waals surface area (Å²) in [5, 5.41) is 0. The van der Waals surface area contributed by atoms with Gasteiger partial charge in [-0.15, -0.1) is 0 Å². The minimum absolute atomic E-state index is 0.00641. The lowest BCUT2D eigenvalue weighted by Crippen LogP contribution is -2.26. The number of rotatable bonds is 15. The highest BCUT2D eigenvalue weighted by Crippen LogP contribution is 2.18. The molecule has 0 aromatic heterocycles. The van der Waals surface area contributed by atoms with Crippen molar-refractivity contribution in [1.29, 1.82) is 0 Å². The monoisotopic (exact) mass is 469 g/mol. The van der Waals surface area contributed by atoms with E-state index in [0.717, 1.165) is 57.0 Å². The topological polar surface area (TPSA) is 71.5 Å². The largest absolute Gasteiger partial charge is 0.372 e. The summed E-state index contributed by atoms with van der Waals surface area (Å²) in [7, 11) is 0. The van der Waals surface area contributed by atoms with E-state index in [4.69, 9.17) is 0 Å². The van der Waals surface area contributed by atoms with E-state index in [1.54, 1.807) is 48.5 Å². The van der Waals surface area contributed by atoms with Crippen molar-refractivity contribution < 1.29 is 19.2 Å². The van der Waals surface area contributed by atoms with Crippen LogP contribution in [0.4, 0.5) is 5.69 Å². The number of ketones is 2. The highest BCUT2D eigenvalue weighted by Gasteiger charge is 2.13. The number of carbonyl (C=O) groups is 4. The standard InChI is InChI=1S/C30H31NO4/c32-22-24-12-4-6-16-27(24)29(34)18-8-10-20-31(26-14-2-1-3-15-26)21-11-9-19-30(35)28-17-7-5-13-25(28)23-33/h1-7,12-17,22-23H,8-11,18-21H2. The quantitative estimate of drug-likeness (QED) is 0.150. The Morgan fingerprint density at radius 1 is 0.571 bits per heavy atom. The van der Waals surface area contributed by atoms with Crippen LogP contribution in [-0.2, 0) is 0 Å². The second-order valence-electron chi connectivity index (χ2n) is 8.49. The highest BCUT2D eigenvalue weighted by molar-refractivity contribution is 6.03. The number of hydrogen-bond donors (Lipinski definition) is 0. The first-order valence-corrected chi connectivity index (χ1v) is 12.1. The van der Waals surface area contributed by atoms with Crippen molar-refractivity contribution in [2.45, 2.75) is 38.5 Å². The molecule has 0 aliphatic rings. The normalized spacial score (nSPS) is 10.5. The third-order valence-corrected chi connectivity index (χ3v) is 6.06. The van der Waals surface area contributed by atoms with Crippen LogP contribution >= 0.6 is 0 Å². The van der Waals surface area contributed by atoms with Gasteiger partial charge in [0.1, 0.15) is 0 Å². The first-order valence-electron chi connectivity index (χ1n) is 12.1. The maximum atomic E-state index is 12.6. The molecule has 0 amide bonds. The van der Waals surface area contributed by atoms with Crippen molar-refractivity contribution >= 4 is 29.8 Å². The molecule has 180 valence electrons. The number of anilines is 1. The molecule has 35 heavy (non-hydrogen) atoms. The summed E-state index contributed by atoms with van der Waals surface area (Å²) >= 11 is 0. The zero-order valence-electron chi connectivity index (χ0n) is 19.9. The van der Waals surface area contributed by atoms with Crippen LogP contribution in [0.5, 0.6) is 0 Å². The van der Waals surface area contributed by atoms with E-state index >= 15 is 0 Å². The van der Waals surface area contributed by atoms with Gasteiger partial charge in [0.15, 0.2) is 24.1 Å². The van der Waals surface area contributed by atoms with E-state index < -0.39 is 0 Å². The molecule has 0 atom stereocenters. The van der Waals surface area contributed by atoms with Gasteiger partial charge in [0, 0.05) is 53.9 Å². The summed E-state index contributed by atoms with van der Waals surface area (Å²) < 4.78 is 0. The Bertz CT molecular complexity index is 1070. The van der Waals surface area contributed by atoms with Crippen LogP contribution in [-0.4, -0.2) is 37.2 Å². The second kappa shape index (κ2) is 13.8. The molecular weight excluding hydrogens is 438 g/mol. The van der Waals surface area contributed by atoms with Gasteiger partial charge in [0.25, 0.3) is 0 Å². The van der Waals surface area contributed by atoms with Crippen molar-refractivity contribution in [3.8, 4) is 0 Å². The Morgan fingerprint density at radius 3 is 1.46 bits per heavy atom. The van der Waals surface area contributed by atoms with Crippen molar-refractivity contribution in [3.05, 3.63) is 101 Å². The molecular formula is C30H31NO4. The van der Waals surface area contributed by atoms with E-state index in [1.165, 1.54) is 0 Å². The number of unbranched alkanes of at least 4 members (excludes halogenated alkanes) is 2. The lowest BCUT2D eigenvalue weighted by atomic mass is 10.00. The number of benzene rings is 3. The van der Waals surface area contributed by atoms with Gasteiger partial charge >= 0.3 is 0 Å². The molecule has 0 unspecified atom stereocenters. The predicted octanol–water partition coefficient (Wildman–Crippen LogP) is 6.22. The van der Waals surface area contributed by atoms with Crippen molar-refractivity contribution in [1.82, 2.24) is 0 Å². The number of para-hydroxylation sites is 1. The summed E-state index contributed by atoms with van der Waals surface area (Å²) in [5.41, 5.74) is 2.97. The Morgan fingerprint density at radius 2 is 1.00 bits per heavy atom. The molecule has 3 aromatic rings. The minimum Gasteiger partial charge on any atom is -0.372 e. The fourth-order valence-corrected chi connectivity index (χ4v) is 4.16. The van der Waals surface area contributed by atoms with Crippen LogP contribution in [0.15, 0.2) is 78.9 Å². The Hall–Kier alpha value is -3.86. The summed E-state index contributed by atoms with van der Waals surface area (Å²) in [6, 6.07) is 23.9. The van der Waals surface area contributed by atoms with E-state index in [2.05, 4.69) is 17.0 Å². The van der Waals surface area contributed by atoms with Crippen molar-refractivity contribution in [2.75, 3.05) is 18.0 Å². The molecule has 3 rings (SSSR count). The summed E-state index contributed by atoms with van der Waals surface area (Å²) in [5.74, 6) is -0.0128. The Kier molecular flexibility index (Phi) is 10.1. The number of carbonyl (C=O) groups excluding carboxylic acids is 4. The van der Waals surface area contributed by atoms with Gasteiger partial charge in [-0.05, 0) is 37.8 Å². The van der Waals surface area contributed by atoms with Crippen LogP contribution in [0.2, 0.25) is 0 Å². The molecule has 0 spiro atoms. The van der Waals surface area contributed by atoms with Gasteiger partial charge in [-0.25, -0.2) is 0 Å². The molecule has 0 bridgehead atoms. The van der Waals surface area contributed by atoms with Crippen LogP contribution < -0.4 is 4.90 Å². The van der Waals surface area contributed by atoms with E-state index in [-0.39, 0.29) is 11.6 Å². The highest BCUT2D eigenvalue weighted by atomic mass is 16.1. The van der Waals surface area contributed by atoms with Gasteiger partial charge in [-0.2, -0.15) is 0 Å². The zero-order chi connectivity index (χ0) is 24.9. The zero-order valence-corrected chi connectivity index (χ0v) is 19.9. The Labute approximate surface area is 206 Å². The molecule has 0 aliphatic heterocycles. The predicted molar refractivity (Wildman–Crippen MR) is 139 cm³/mol. The summed E-state index contributed by atoms with van der Waals surface area (Å²) in [6.07, 6.45) is 5.41. The average molecular weight is 470 g/mol. The van der Waals surface area contributed by atoms with Crippen LogP contribution in [0.25, 0.3) is 0 Å². The lowest BCUT2D eigenvalue weighted by molar-refractivity contribution is 0.0968. The van der Waals surface area contributed by atoms with E-state index in [1.807, 2.05) is 18.2 Å². The van der Waals surface area contributed by atoms with Gasteiger partial charge in [0.2, 0.25) is 0 Å². The van der Waals surface area contributed by atoms with E-state index in [9.17, 15) is 19.2 Å². The number of hydrogen-bond acceptors (Lipinski definition) is 5. The molecule has 0 heterocycles. The van der Waals surface area contributed by atoms with E-state index in [0.29, 0.717) is 35.1 Å². The first kappa shape index (κ1) is 25.8. The second-order valence-corrected chi connectivity index (χ2v) is 8.49. The molecule has 0 fully saturated rings. The SMILES string of the molecule is O=Cc1ccccc1C(=O)CCCCN(CCCCC(=O)c1ccccc1C=O)c1ccccc1. The van der Waals surface area contributed by atoms with Crippen molar-refractivity contribution in [2.24, 2.45) is 0 Å². The lowest BCUT2D eigenvalue weighted by Gasteiger charge is -2.25. The van der Waals surface area contributed by atoms with Gasteiger partial charge in [0.05, 0.1) is 0 Å². The Balaban J connectivity index is 1.49. The molecule has 0 aliphatic carbocycles. The molecule has 5 heteroatoms. The van der Waals surface area contributed by atoms with Crippen LogP contribution in [0.3, 0.4) is 0 Å². The average Bonchev–Trinajstić information content (AvgIpc) is 2.92. The molecule has 5 nitrogen and oxygen atoms in total. The number of aldehydes is 2. The molecule has 3 aromatic carbocycles. The smallest absolute Gasteiger partial charge is 0.163 e. The summed E-state index contributed by atoms with van der Waals surface area (Å²) in [4.78, 5) is 49.8. The van der Waals surface area contributed by atoms with Crippen molar-refractivity contribution in [3.63, 3.8) is 0 Å². The molecule has 0 N–H and O–H groups in total. The maximum absolute atomic E-state index is 12.6. The minimum atomic E-state index is -0.00641. The fraction of sp³-hybridized carbons (Fsp3) is 0.267. The molecule has 0 radical (unpaired) electrons. The fourth-order valence-electron chi connectivity index (χ4n) is 4.16. The van der Waals surface area contributed by atoms with Crippen LogP contribution in [0.1, 0.15) is 80.0 Å². The number of nitrogens with zero attached hydrogens (tertiary/aromatic N) is 1. The maximum Gasteiger partial charge on any atom is 0.163 e. The van der Waals surface area contributed by atoms with Gasteiger partial charge in [-0.1, -0.05) is 66.7 Å². The molecule has 0 saturated heterocycles. The third-order valence-electron chi connectivity index (χ3n) is 6.06. The van der Waals surface area contributed by atoms with Crippen LogP contribution in [0, 0.1) is 0 Å². The number of Topliss-reactive ketones (excluding diaryl/α,β-unsaturated/α-hetero) is 2.